The summed E-state index contributed by atoms with van der Waals surface area (Å²) in [6, 6.07) is 13.6. The Morgan fingerprint density at radius 2 is 1.92 bits per heavy atom. The molecule has 2 aromatic rings. The number of benzene rings is 2. The number of rotatable bonds is 7. The van der Waals surface area contributed by atoms with Gasteiger partial charge in [-0.15, -0.1) is 0 Å². The Kier molecular flexibility index (Phi) is 4.42. The molecular weight excluding hydrogens is 304 g/mol. The van der Waals surface area contributed by atoms with Crippen molar-refractivity contribution in [2.45, 2.75) is 18.4 Å². The Morgan fingerprint density at radius 3 is 2.62 bits per heavy atom. The largest absolute Gasteiger partial charge is 0.486 e. The van der Waals surface area contributed by atoms with Gasteiger partial charge in [-0.3, -0.25) is 14.6 Å². The number of allylic oxidation sites excluding steroid dienone is 1. The van der Waals surface area contributed by atoms with E-state index in [1.165, 1.54) is 0 Å². The third-order valence-corrected chi connectivity index (χ3v) is 4.09. The Labute approximate surface area is 139 Å². The van der Waals surface area contributed by atoms with Gasteiger partial charge in [0.25, 0.3) is 0 Å². The molecular formula is C19H18N2O3. The van der Waals surface area contributed by atoms with Gasteiger partial charge in [0.1, 0.15) is 17.9 Å². The number of Topliss-reactive ketones (excluding diaryl/α,β-unsaturated/α-hetero) is 1. The molecule has 2 N–H and O–H groups in total. The lowest BCUT2D eigenvalue weighted by Gasteiger charge is -2.22. The molecule has 1 heterocycles. The first-order valence-electron chi connectivity index (χ1n) is 7.75. The predicted octanol–water partition coefficient (Wildman–Crippen LogP) is 2.43. The molecule has 0 spiro atoms. The zero-order valence-corrected chi connectivity index (χ0v) is 13.1. The predicted molar refractivity (Wildman–Crippen MR) is 93.2 cm³/mol. The highest BCUT2D eigenvalue weighted by Gasteiger charge is 2.36. The third kappa shape index (κ3) is 3.35. The number of carbonyl (C=O) groups excluding carboxylic acids is 2. The summed E-state index contributed by atoms with van der Waals surface area (Å²) in [4.78, 5) is 27.8. The van der Waals surface area contributed by atoms with Crippen molar-refractivity contribution in [3.8, 4) is 5.75 Å². The van der Waals surface area contributed by atoms with Crippen LogP contribution < -0.4 is 10.5 Å². The molecule has 0 aliphatic carbocycles. The average molecular weight is 322 g/mol. The summed E-state index contributed by atoms with van der Waals surface area (Å²) in [6.45, 7) is -0.112. The molecule has 5 nitrogen and oxygen atoms in total. The van der Waals surface area contributed by atoms with Crippen molar-refractivity contribution >= 4 is 28.7 Å². The minimum Gasteiger partial charge on any atom is -0.486 e. The number of hydrogen-bond acceptors (Lipinski definition) is 4. The molecule has 0 saturated heterocycles. The lowest BCUT2D eigenvalue weighted by atomic mass is 9.90. The van der Waals surface area contributed by atoms with Crippen molar-refractivity contribution in [2.24, 2.45) is 10.7 Å². The van der Waals surface area contributed by atoms with Crippen LogP contribution in [0.3, 0.4) is 0 Å². The molecule has 0 saturated carbocycles. The molecule has 0 radical (unpaired) electrons. The average Bonchev–Trinajstić information content (AvgIpc) is 3.08. The molecule has 2 aromatic carbocycles. The first-order valence-corrected chi connectivity index (χ1v) is 7.75. The van der Waals surface area contributed by atoms with Crippen LogP contribution in [0.25, 0.3) is 10.8 Å². The quantitative estimate of drug-likeness (QED) is 0.850. The second kappa shape index (κ2) is 6.66. The highest BCUT2D eigenvalue weighted by molar-refractivity contribution is 5.97. The maximum Gasteiger partial charge on any atom is 0.217 e. The van der Waals surface area contributed by atoms with Crippen molar-refractivity contribution < 1.29 is 14.3 Å². The molecule has 5 heteroatoms. The van der Waals surface area contributed by atoms with Crippen molar-refractivity contribution in [1.82, 2.24) is 0 Å². The fraction of sp³-hybridized carbons (Fsp3) is 0.211. The number of nitrogens with zero attached hydrogens (tertiary/aromatic N) is 1. The normalized spacial score (nSPS) is 18.8. The zero-order chi connectivity index (χ0) is 17.0. The van der Waals surface area contributed by atoms with E-state index >= 15 is 0 Å². The van der Waals surface area contributed by atoms with Crippen LogP contribution in [0.1, 0.15) is 12.8 Å². The van der Waals surface area contributed by atoms with E-state index in [1.807, 2.05) is 42.5 Å². The molecule has 0 bridgehead atoms. The van der Waals surface area contributed by atoms with E-state index in [9.17, 15) is 9.59 Å². The van der Waals surface area contributed by atoms with Crippen molar-refractivity contribution in [2.75, 3.05) is 6.61 Å². The Bertz CT molecular complexity index is 827. The number of nitrogens with two attached hydrogens (primary N) is 1. The van der Waals surface area contributed by atoms with Crippen molar-refractivity contribution in [1.29, 1.82) is 0 Å². The van der Waals surface area contributed by atoms with E-state index in [-0.39, 0.29) is 25.2 Å². The topological polar surface area (TPSA) is 81.8 Å². The maximum atomic E-state index is 12.6. The molecule has 3 rings (SSSR count). The number of ether oxygens (including phenoxy) is 1. The highest BCUT2D eigenvalue weighted by atomic mass is 16.5. The number of carbonyl (C=O) groups is 2. The molecule has 1 unspecified atom stereocenters. The fourth-order valence-electron chi connectivity index (χ4n) is 2.72. The van der Waals surface area contributed by atoms with Crippen LogP contribution in [0.5, 0.6) is 5.75 Å². The summed E-state index contributed by atoms with van der Waals surface area (Å²) in [5.74, 6) is -0.0203. The van der Waals surface area contributed by atoms with Gasteiger partial charge in [0.05, 0.1) is 0 Å². The van der Waals surface area contributed by atoms with E-state index in [1.54, 1.807) is 18.4 Å². The van der Waals surface area contributed by atoms with Gasteiger partial charge in [0.15, 0.2) is 0 Å². The standard InChI is InChI=1S/C19H18N2O3/c20-18(23)8-10-19(9-3-11-21-19)17(22)13-24-16-7-6-14-4-1-2-5-15(14)12-16/h1-7,9,11-12H,8,10,13H2,(H2,20,23). The molecule has 0 aromatic heterocycles. The van der Waals surface area contributed by atoms with E-state index in [0.717, 1.165) is 10.8 Å². The van der Waals surface area contributed by atoms with Crippen LogP contribution in [0, 0.1) is 0 Å². The monoisotopic (exact) mass is 322 g/mol. The number of hydrogen-bond donors (Lipinski definition) is 1. The summed E-state index contributed by atoms with van der Waals surface area (Å²) in [5, 5.41) is 2.15. The number of ketones is 1. The van der Waals surface area contributed by atoms with E-state index in [4.69, 9.17) is 10.5 Å². The van der Waals surface area contributed by atoms with Gasteiger partial charge in [-0.05, 0) is 41.5 Å². The minimum atomic E-state index is -1.04. The van der Waals surface area contributed by atoms with Crippen LogP contribution in [0.2, 0.25) is 0 Å². The number of fused-ring (bicyclic) bond motifs is 1. The van der Waals surface area contributed by atoms with Crippen LogP contribution in [-0.4, -0.2) is 30.1 Å². The van der Waals surface area contributed by atoms with Crippen molar-refractivity contribution in [3.63, 3.8) is 0 Å². The Morgan fingerprint density at radius 1 is 1.12 bits per heavy atom. The van der Waals surface area contributed by atoms with Gasteiger partial charge < -0.3 is 10.5 Å². The molecule has 1 aliphatic rings. The summed E-state index contributed by atoms with van der Waals surface area (Å²) in [5.41, 5.74) is 4.15. The lowest BCUT2D eigenvalue weighted by Crippen LogP contribution is -2.38. The SMILES string of the molecule is NC(=O)CCC1(C(=O)COc2ccc3ccccc3c2)C=CC=N1. The van der Waals surface area contributed by atoms with E-state index in [0.29, 0.717) is 5.75 Å². The van der Waals surface area contributed by atoms with Gasteiger partial charge >= 0.3 is 0 Å². The Balaban J connectivity index is 1.69. The van der Waals surface area contributed by atoms with Gasteiger partial charge in [-0.2, -0.15) is 0 Å². The Hall–Kier alpha value is -2.95. The first-order chi connectivity index (χ1) is 11.6. The smallest absolute Gasteiger partial charge is 0.217 e. The highest BCUT2D eigenvalue weighted by Crippen LogP contribution is 2.26. The molecule has 1 amide bonds. The molecule has 1 atom stereocenters. The number of aliphatic imine (C=N–C) groups is 1. The van der Waals surface area contributed by atoms with Crippen molar-refractivity contribution in [3.05, 3.63) is 54.6 Å². The summed E-state index contributed by atoms with van der Waals surface area (Å²) in [7, 11) is 0. The van der Waals surface area contributed by atoms with E-state index in [2.05, 4.69) is 4.99 Å². The third-order valence-electron chi connectivity index (χ3n) is 4.09. The molecule has 1 aliphatic heterocycles. The second-order valence-electron chi connectivity index (χ2n) is 5.75. The van der Waals surface area contributed by atoms with Crippen LogP contribution in [0.15, 0.2) is 59.6 Å². The second-order valence-corrected chi connectivity index (χ2v) is 5.75. The number of primary amides is 1. The summed E-state index contributed by atoms with van der Waals surface area (Å²) in [6.07, 6.45) is 5.32. The molecule has 0 fully saturated rings. The fourth-order valence-corrected chi connectivity index (χ4v) is 2.72. The molecule has 24 heavy (non-hydrogen) atoms. The van der Waals surface area contributed by atoms with Gasteiger partial charge in [0.2, 0.25) is 11.7 Å². The minimum absolute atomic E-state index is 0.101. The number of amides is 1. The first kappa shape index (κ1) is 15.9. The molecule has 122 valence electrons. The summed E-state index contributed by atoms with van der Waals surface area (Å²) < 4.78 is 5.65. The lowest BCUT2D eigenvalue weighted by molar-refractivity contribution is -0.125. The van der Waals surface area contributed by atoms with Gasteiger partial charge in [-0.25, -0.2) is 0 Å². The van der Waals surface area contributed by atoms with Crippen LogP contribution in [-0.2, 0) is 9.59 Å². The van der Waals surface area contributed by atoms with Gasteiger partial charge in [0, 0.05) is 12.6 Å². The van der Waals surface area contributed by atoms with E-state index < -0.39 is 11.4 Å². The van der Waals surface area contributed by atoms with Gasteiger partial charge in [-0.1, -0.05) is 30.3 Å². The summed E-state index contributed by atoms with van der Waals surface area (Å²) >= 11 is 0. The van der Waals surface area contributed by atoms with Crippen LogP contribution >= 0.6 is 0 Å². The zero-order valence-electron chi connectivity index (χ0n) is 13.1. The van der Waals surface area contributed by atoms with Crippen LogP contribution in [0.4, 0.5) is 0 Å². The maximum absolute atomic E-state index is 12.6.